The molecule has 0 saturated carbocycles. The second-order valence-corrected chi connectivity index (χ2v) is 13.4. The van der Waals surface area contributed by atoms with E-state index in [1.807, 2.05) is 62.4 Å². The van der Waals surface area contributed by atoms with E-state index in [0.717, 1.165) is 11.1 Å². The van der Waals surface area contributed by atoms with Crippen molar-refractivity contribution in [3.8, 4) is 0 Å². The highest BCUT2D eigenvalue weighted by atomic mass is 16.6. The Labute approximate surface area is 294 Å². The molecule has 2 aromatic carbocycles. The van der Waals surface area contributed by atoms with Crippen molar-refractivity contribution in [3.05, 3.63) is 90.5 Å². The normalized spacial score (nSPS) is 24.7. The maximum atomic E-state index is 14.8. The van der Waals surface area contributed by atoms with Crippen molar-refractivity contribution in [1.29, 1.82) is 0 Å². The summed E-state index contributed by atoms with van der Waals surface area (Å²) in [7, 11) is 1.50. The standard InChI is InChI=1S/C39H49N3O8/c1-6-8-15-31(44)40-28(24-48-5)34(27-13-10-9-11-14-27)49-38(47)32-30-18-19-39(50-30)33(32)36(45)42(21-12-22-43)35(39)37(46)41(20-7-2)29-23-25(3)16-17-26(29)4/h6-7,9-11,13-14,16-17,23,28,30,32-35,43H,1-2,8,12,15,18-22,24H2,3-5H3,(H,40,44)/t28-,30-,32+,33+,34-,35-,39+/m1/s1. The number of likely N-dealkylation sites (tertiary alicyclic amines) is 1. The third kappa shape index (κ3) is 7.12. The van der Waals surface area contributed by atoms with Gasteiger partial charge in [-0.05, 0) is 62.3 Å². The second kappa shape index (κ2) is 16.1. The van der Waals surface area contributed by atoms with Crippen molar-refractivity contribution in [2.24, 2.45) is 11.8 Å². The minimum atomic E-state index is -1.26. The number of hydrogen-bond acceptors (Lipinski definition) is 8. The van der Waals surface area contributed by atoms with E-state index in [1.54, 1.807) is 17.1 Å². The predicted molar refractivity (Wildman–Crippen MR) is 188 cm³/mol. The maximum absolute atomic E-state index is 14.8. The van der Waals surface area contributed by atoms with E-state index in [-0.39, 0.29) is 56.9 Å². The van der Waals surface area contributed by atoms with Crippen molar-refractivity contribution in [2.75, 3.05) is 38.3 Å². The van der Waals surface area contributed by atoms with Crippen LogP contribution in [0.4, 0.5) is 5.69 Å². The van der Waals surface area contributed by atoms with Crippen LogP contribution in [0, 0.1) is 25.7 Å². The van der Waals surface area contributed by atoms with Crippen molar-refractivity contribution in [3.63, 3.8) is 0 Å². The Morgan fingerprint density at radius 3 is 2.60 bits per heavy atom. The monoisotopic (exact) mass is 687 g/mol. The van der Waals surface area contributed by atoms with E-state index in [4.69, 9.17) is 14.2 Å². The van der Waals surface area contributed by atoms with Gasteiger partial charge in [0, 0.05) is 38.9 Å². The molecule has 11 nitrogen and oxygen atoms in total. The summed E-state index contributed by atoms with van der Waals surface area (Å²) in [5.74, 6) is -3.53. The van der Waals surface area contributed by atoms with E-state index in [9.17, 15) is 24.3 Å². The van der Waals surface area contributed by atoms with Crippen LogP contribution in [0.25, 0.3) is 0 Å². The first-order chi connectivity index (χ1) is 24.1. The van der Waals surface area contributed by atoms with Crippen LogP contribution in [0.15, 0.2) is 73.8 Å². The molecule has 2 bridgehead atoms. The lowest BCUT2D eigenvalue weighted by molar-refractivity contribution is -0.163. The summed E-state index contributed by atoms with van der Waals surface area (Å²) in [6.07, 6.45) is 3.54. The van der Waals surface area contributed by atoms with Gasteiger partial charge >= 0.3 is 5.97 Å². The number of allylic oxidation sites excluding steroid dienone is 1. The summed E-state index contributed by atoms with van der Waals surface area (Å²) >= 11 is 0. The smallest absolute Gasteiger partial charge is 0.313 e. The zero-order valence-corrected chi connectivity index (χ0v) is 29.2. The summed E-state index contributed by atoms with van der Waals surface area (Å²) in [5, 5.41) is 12.7. The Balaban J connectivity index is 1.50. The molecule has 3 aliphatic heterocycles. The minimum Gasteiger partial charge on any atom is -0.455 e. The van der Waals surface area contributed by atoms with Crippen LogP contribution in [-0.4, -0.2) is 90.9 Å². The lowest BCUT2D eigenvalue weighted by Gasteiger charge is -2.37. The number of anilines is 1. The molecular weight excluding hydrogens is 638 g/mol. The van der Waals surface area contributed by atoms with Crippen LogP contribution in [0.2, 0.25) is 0 Å². The Kier molecular flexibility index (Phi) is 11.9. The first-order valence-electron chi connectivity index (χ1n) is 17.3. The van der Waals surface area contributed by atoms with Crippen LogP contribution in [0.5, 0.6) is 0 Å². The first kappa shape index (κ1) is 36.9. The van der Waals surface area contributed by atoms with Crippen LogP contribution in [0.1, 0.15) is 54.9 Å². The largest absolute Gasteiger partial charge is 0.455 e. The maximum Gasteiger partial charge on any atom is 0.313 e. The van der Waals surface area contributed by atoms with E-state index >= 15 is 0 Å². The number of amides is 3. The third-order valence-corrected chi connectivity index (χ3v) is 10.1. The lowest BCUT2D eigenvalue weighted by atomic mass is 9.70. The van der Waals surface area contributed by atoms with Gasteiger partial charge in [-0.2, -0.15) is 0 Å². The van der Waals surface area contributed by atoms with Gasteiger partial charge in [0.05, 0.1) is 30.6 Å². The van der Waals surface area contributed by atoms with E-state index in [2.05, 4.69) is 18.5 Å². The molecule has 268 valence electrons. The number of aliphatic hydroxyl groups excluding tert-OH is 1. The highest BCUT2D eigenvalue weighted by molar-refractivity contribution is 6.05. The first-order valence-corrected chi connectivity index (χ1v) is 17.3. The third-order valence-electron chi connectivity index (χ3n) is 10.1. The van der Waals surface area contributed by atoms with Gasteiger partial charge in [0.1, 0.15) is 17.7 Å². The van der Waals surface area contributed by atoms with Crippen molar-refractivity contribution in [1.82, 2.24) is 10.2 Å². The number of ether oxygens (including phenoxy) is 3. The molecule has 3 heterocycles. The number of benzene rings is 2. The van der Waals surface area contributed by atoms with E-state index in [1.165, 1.54) is 12.0 Å². The molecule has 3 saturated heterocycles. The van der Waals surface area contributed by atoms with Gasteiger partial charge in [-0.1, -0.05) is 54.6 Å². The number of esters is 1. The highest BCUT2D eigenvalue weighted by Crippen LogP contribution is 2.59. The fraction of sp³-hybridized carbons (Fsp3) is 0.487. The van der Waals surface area contributed by atoms with Gasteiger partial charge in [-0.25, -0.2) is 0 Å². The molecule has 0 aliphatic carbocycles. The molecule has 0 unspecified atom stereocenters. The number of aryl methyl sites for hydroxylation is 2. The van der Waals surface area contributed by atoms with Gasteiger partial charge in [-0.3, -0.25) is 19.2 Å². The van der Waals surface area contributed by atoms with Crippen LogP contribution in [0.3, 0.4) is 0 Å². The zero-order chi connectivity index (χ0) is 36.0. The number of rotatable bonds is 17. The summed E-state index contributed by atoms with van der Waals surface area (Å²) in [6, 6.07) is 13.2. The molecule has 2 N–H and O–H groups in total. The molecule has 0 aromatic heterocycles. The number of hydrogen-bond donors (Lipinski definition) is 2. The molecule has 50 heavy (non-hydrogen) atoms. The average molecular weight is 688 g/mol. The van der Waals surface area contributed by atoms with Gasteiger partial charge in [0.25, 0.3) is 5.91 Å². The SMILES string of the molecule is C=CCCC(=O)N[C@H](COC)[C@H](OC(=O)[C@@H]1[C@H]2C(=O)N(CCCO)[C@H](C(=O)N(CC=C)c3cc(C)ccc3C)[C@]23CC[C@H]1O3)c1ccccc1. The number of nitrogens with zero attached hydrogens (tertiary/aromatic N) is 2. The van der Waals surface area contributed by atoms with Crippen molar-refractivity contribution >= 4 is 29.4 Å². The molecule has 3 fully saturated rings. The Bertz CT molecular complexity index is 1580. The molecular formula is C39H49N3O8. The fourth-order valence-corrected chi connectivity index (χ4v) is 7.90. The quantitative estimate of drug-likeness (QED) is 0.189. The summed E-state index contributed by atoms with van der Waals surface area (Å²) in [6.45, 7) is 11.7. The molecule has 1 spiro atoms. The summed E-state index contributed by atoms with van der Waals surface area (Å²) in [5.41, 5.74) is 1.95. The zero-order valence-electron chi connectivity index (χ0n) is 29.2. The fourth-order valence-electron chi connectivity index (χ4n) is 7.90. The molecule has 3 amide bonds. The lowest BCUT2D eigenvalue weighted by Crippen LogP contribution is -2.56. The topological polar surface area (TPSA) is 135 Å². The number of carbonyl (C=O) groups is 4. The minimum absolute atomic E-state index is 0.0621. The predicted octanol–water partition coefficient (Wildman–Crippen LogP) is 3.96. The molecule has 11 heteroatoms. The average Bonchev–Trinajstić information content (AvgIpc) is 3.76. The van der Waals surface area contributed by atoms with Crippen LogP contribution >= 0.6 is 0 Å². The Hall–Kier alpha value is -4.32. The van der Waals surface area contributed by atoms with Crippen molar-refractivity contribution < 1.29 is 38.5 Å². The second-order valence-electron chi connectivity index (χ2n) is 13.4. The highest BCUT2D eigenvalue weighted by Gasteiger charge is 2.75. The molecule has 2 aromatic rings. The van der Waals surface area contributed by atoms with E-state index in [0.29, 0.717) is 30.5 Å². The van der Waals surface area contributed by atoms with Gasteiger partial charge in [-0.15, -0.1) is 13.2 Å². The van der Waals surface area contributed by atoms with Gasteiger partial charge < -0.3 is 34.4 Å². The Morgan fingerprint density at radius 1 is 1.16 bits per heavy atom. The van der Waals surface area contributed by atoms with Crippen LogP contribution < -0.4 is 10.2 Å². The molecule has 0 radical (unpaired) electrons. The molecule has 3 aliphatic rings. The number of carbonyl (C=O) groups excluding carboxylic acids is 4. The number of aliphatic hydroxyl groups is 1. The van der Waals surface area contributed by atoms with E-state index < -0.39 is 47.7 Å². The Morgan fingerprint density at radius 2 is 1.92 bits per heavy atom. The molecule has 7 atom stereocenters. The molecule has 5 rings (SSSR count). The van der Waals surface area contributed by atoms with Crippen LogP contribution in [-0.2, 0) is 33.4 Å². The van der Waals surface area contributed by atoms with Gasteiger partial charge in [0.2, 0.25) is 11.8 Å². The number of fused-ring (bicyclic) bond motifs is 1. The number of nitrogens with one attached hydrogen (secondary N) is 1. The summed E-state index contributed by atoms with van der Waals surface area (Å²) in [4.78, 5) is 59.6. The van der Waals surface area contributed by atoms with Gasteiger partial charge in [0.15, 0.2) is 0 Å². The van der Waals surface area contributed by atoms with Crippen molar-refractivity contribution in [2.45, 2.75) is 75.8 Å². The summed E-state index contributed by atoms with van der Waals surface area (Å²) < 4.78 is 18.4. The number of methoxy groups -OCH3 is 1.